The Bertz CT molecular complexity index is 289. The minimum absolute atomic E-state index is 1.11. The summed E-state index contributed by atoms with van der Waals surface area (Å²) in [4.78, 5) is 31.4. The third-order valence-corrected chi connectivity index (χ3v) is 0.998. The molecular formula is C6H5NO7. The van der Waals surface area contributed by atoms with Crippen molar-refractivity contribution < 1.29 is 33.3 Å². The lowest BCUT2D eigenvalue weighted by Crippen LogP contribution is -2.29. The highest BCUT2D eigenvalue weighted by atomic mass is 16.9. The zero-order valence-electron chi connectivity index (χ0n) is 6.67. The molecule has 0 aromatic heterocycles. The summed E-state index contributed by atoms with van der Waals surface area (Å²) in [5.74, 6) is -2.99. The van der Waals surface area contributed by atoms with E-state index in [0.29, 0.717) is 0 Å². The Hall–Kier alpha value is -2.25. The monoisotopic (exact) mass is 203 g/mol. The highest BCUT2D eigenvalue weighted by Gasteiger charge is 2.26. The van der Waals surface area contributed by atoms with Crippen LogP contribution in [0.4, 0.5) is 4.79 Å². The van der Waals surface area contributed by atoms with E-state index in [2.05, 4.69) is 24.7 Å². The molecule has 76 valence electrons. The van der Waals surface area contributed by atoms with Crippen molar-refractivity contribution in [3.63, 3.8) is 0 Å². The second-order valence-electron chi connectivity index (χ2n) is 1.95. The summed E-state index contributed by atoms with van der Waals surface area (Å²) in [6.45, 7) is -1.34. The molecule has 0 unspecified atom stereocenters. The lowest BCUT2D eigenvalue weighted by molar-refractivity contribution is -0.221. The van der Waals surface area contributed by atoms with Crippen LogP contribution in [0.15, 0.2) is 12.5 Å². The van der Waals surface area contributed by atoms with Crippen LogP contribution in [0, 0.1) is 0 Å². The van der Waals surface area contributed by atoms with Gasteiger partial charge in [0.2, 0.25) is 0 Å². The van der Waals surface area contributed by atoms with Crippen LogP contribution in [-0.4, -0.2) is 24.5 Å². The van der Waals surface area contributed by atoms with Gasteiger partial charge in [0.15, 0.2) is 0 Å². The Morgan fingerprint density at radius 2 is 1.71 bits per heavy atom. The number of amides is 1. The first-order chi connectivity index (χ1) is 6.59. The minimum Gasteiger partial charge on any atom is -0.428 e. The Morgan fingerprint density at radius 1 is 1.14 bits per heavy atom. The first kappa shape index (κ1) is 9.84. The number of hydrogen-bond donors (Lipinski definition) is 1. The van der Waals surface area contributed by atoms with Crippen LogP contribution < -0.4 is 5.73 Å². The van der Waals surface area contributed by atoms with Crippen LogP contribution in [-0.2, 0) is 28.5 Å². The largest absolute Gasteiger partial charge is 0.428 e. The molecule has 1 amide bonds. The van der Waals surface area contributed by atoms with Crippen LogP contribution in [0.2, 0.25) is 0 Å². The van der Waals surface area contributed by atoms with Crippen LogP contribution in [0.5, 0.6) is 0 Å². The van der Waals surface area contributed by atoms with Crippen molar-refractivity contribution in [1.82, 2.24) is 0 Å². The van der Waals surface area contributed by atoms with Gasteiger partial charge in [0.1, 0.15) is 12.5 Å². The maximum Gasteiger partial charge on any atom is 0.426 e. The molecule has 0 fully saturated rings. The minimum atomic E-state index is -1.54. The number of esters is 2. The van der Waals surface area contributed by atoms with Gasteiger partial charge >= 0.3 is 24.5 Å². The number of carbonyl (C=O) groups is 3. The predicted octanol–water partition coefficient (Wildman–Crippen LogP) is -1.05. The van der Waals surface area contributed by atoms with Gasteiger partial charge in [0.25, 0.3) is 0 Å². The Labute approximate surface area is 77.1 Å². The Morgan fingerprint density at radius 3 is 2.21 bits per heavy atom. The fraction of sp³-hybridized carbons (Fsp3) is 0.167. The quantitative estimate of drug-likeness (QED) is 0.328. The van der Waals surface area contributed by atoms with E-state index < -0.39 is 24.5 Å². The van der Waals surface area contributed by atoms with Gasteiger partial charge < -0.3 is 24.7 Å². The molecule has 1 aliphatic rings. The molecule has 0 radical (unpaired) electrons. The first-order valence-electron chi connectivity index (χ1n) is 3.28. The summed E-state index contributed by atoms with van der Waals surface area (Å²) >= 11 is 0. The van der Waals surface area contributed by atoms with Gasteiger partial charge in [-0.15, -0.1) is 0 Å². The molecule has 0 atom stereocenters. The lowest BCUT2D eigenvalue weighted by Gasteiger charge is -2.08. The molecule has 8 nitrogen and oxygen atoms in total. The molecule has 1 rings (SSSR count). The molecule has 0 spiro atoms. The van der Waals surface area contributed by atoms with Gasteiger partial charge in [-0.2, -0.15) is 0 Å². The maximum absolute atomic E-state index is 10.7. The molecule has 0 aromatic carbocycles. The van der Waals surface area contributed by atoms with Crippen molar-refractivity contribution in [2.45, 2.75) is 6.48 Å². The van der Waals surface area contributed by atoms with Gasteiger partial charge in [0.05, 0.1) is 0 Å². The number of nitrogens with two attached hydrogens (primary N) is 1. The van der Waals surface area contributed by atoms with E-state index in [4.69, 9.17) is 0 Å². The summed E-state index contributed by atoms with van der Waals surface area (Å²) in [5.41, 5.74) is 4.47. The summed E-state index contributed by atoms with van der Waals surface area (Å²) in [6, 6.07) is 0. The van der Waals surface area contributed by atoms with E-state index in [1.807, 2.05) is 0 Å². The molecular weight excluding hydrogens is 198 g/mol. The molecule has 0 aromatic rings. The third kappa shape index (κ3) is 2.66. The van der Waals surface area contributed by atoms with Crippen molar-refractivity contribution in [3.8, 4) is 0 Å². The maximum atomic E-state index is 10.7. The highest BCUT2D eigenvalue weighted by molar-refractivity contribution is 6.31. The van der Waals surface area contributed by atoms with Gasteiger partial charge in [-0.05, 0) is 0 Å². The molecule has 8 heteroatoms. The number of ether oxygens (including phenoxy) is 4. The predicted molar refractivity (Wildman–Crippen MR) is 36.9 cm³/mol. The van der Waals surface area contributed by atoms with E-state index in [1.54, 1.807) is 0 Å². The number of hydrogen-bond acceptors (Lipinski definition) is 7. The fourth-order valence-corrected chi connectivity index (χ4v) is 0.549. The molecule has 14 heavy (non-hydrogen) atoms. The number of primary amides is 1. The Kier molecular flexibility index (Phi) is 2.89. The van der Waals surface area contributed by atoms with Crippen molar-refractivity contribution >= 4 is 18.0 Å². The van der Waals surface area contributed by atoms with Gasteiger partial charge in [-0.3, -0.25) is 0 Å². The third-order valence-electron chi connectivity index (χ3n) is 0.998. The Balaban J connectivity index is 2.34. The number of rotatable bonds is 1. The molecule has 0 saturated heterocycles. The zero-order valence-corrected chi connectivity index (χ0v) is 6.67. The van der Waals surface area contributed by atoms with Crippen LogP contribution >= 0.6 is 0 Å². The van der Waals surface area contributed by atoms with E-state index in [1.165, 1.54) is 0 Å². The fourth-order valence-electron chi connectivity index (χ4n) is 0.549. The van der Waals surface area contributed by atoms with Gasteiger partial charge in [-0.25, -0.2) is 14.4 Å². The zero-order chi connectivity index (χ0) is 10.6. The smallest absolute Gasteiger partial charge is 0.426 e. The van der Waals surface area contributed by atoms with E-state index in [9.17, 15) is 14.4 Å². The summed E-state index contributed by atoms with van der Waals surface area (Å²) in [6.07, 6.45) is 0.813. The van der Waals surface area contributed by atoms with Crippen LogP contribution in [0.25, 0.3) is 0 Å². The summed E-state index contributed by atoms with van der Waals surface area (Å²) in [7, 11) is 0. The second kappa shape index (κ2) is 4.12. The highest BCUT2D eigenvalue weighted by Crippen LogP contribution is 2.06. The lowest BCUT2D eigenvalue weighted by atomic mass is 10.7. The number of carbonyl (C=O) groups excluding carboxylic acids is 3. The molecule has 0 bridgehead atoms. The average molecular weight is 203 g/mol. The topological polar surface area (TPSA) is 114 Å². The van der Waals surface area contributed by atoms with E-state index >= 15 is 0 Å². The van der Waals surface area contributed by atoms with Crippen LogP contribution in [0.1, 0.15) is 0 Å². The molecule has 0 saturated carbocycles. The van der Waals surface area contributed by atoms with Crippen molar-refractivity contribution in [3.05, 3.63) is 12.5 Å². The van der Waals surface area contributed by atoms with Crippen molar-refractivity contribution in [2.75, 3.05) is 0 Å². The van der Waals surface area contributed by atoms with E-state index in [-0.39, 0.29) is 0 Å². The van der Waals surface area contributed by atoms with Crippen molar-refractivity contribution in [2.24, 2.45) is 5.73 Å². The normalized spacial score (nSPS) is 14.0. The van der Waals surface area contributed by atoms with Gasteiger partial charge in [0, 0.05) is 0 Å². The average Bonchev–Trinajstić information content (AvgIpc) is 2.55. The molecule has 1 aliphatic heterocycles. The first-order valence-corrected chi connectivity index (χ1v) is 3.28. The molecule has 1 heterocycles. The van der Waals surface area contributed by atoms with Gasteiger partial charge in [-0.1, -0.05) is 0 Å². The summed E-state index contributed by atoms with van der Waals surface area (Å²) < 4.78 is 17.0. The summed E-state index contributed by atoms with van der Waals surface area (Å²) in [5, 5.41) is 0. The molecule has 2 N–H and O–H groups in total. The van der Waals surface area contributed by atoms with Crippen LogP contribution in [0.3, 0.4) is 0 Å². The van der Waals surface area contributed by atoms with E-state index in [0.717, 1.165) is 12.5 Å². The standard InChI is InChI=1S/C6H5NO7/c7-5(10)13-3(8)4(9)14-6-11-1-2-12-6/h1-2,6H,(H2,7,10). The second-order valence-corrected chi connectivity index (χ2v) is 1.95. The van der Waals surface area contributed by atoms with Crippen molar-refractivity contribution in [1.29, 1.82) is 0 Å². The molecule has 0 aliphatic carbocycles. The SMILES string of the molecule is NC(=O)OC(=O)C(=O)OC1OC=CO1.